The number of hydrogen-bond acceptors (Lipinski definition) is 8. The number of carbonyl (C=O) groups is 2. The molecule has 0 unspecified atom stereocenters. The standard InChI is InChI=1S/C10H11O8PS2/c1-20(15,16)9(12)19(14,10(13)21(2,17)18)8-5-3-4-7(11)6-8/h3-6,11H,1-2H3. The Morgan fingerprint density at radius 3 is 1.76 bits per heavy atom. The van der Waals surface area contributed by atoms with Gasteiger partial charge in [-0.3, -0.25) is 9.59 Å². The molecule has 0 aliphatic rings. The Morgan fingerprint density at radius 1 is 1.00 bits per heavy atom. The molecule has 0 heterocycles. The van der Waals surface area contributed by atoms with E-state index in [9.17, 15) is 36.1 Å². The maximum absolute atomic E-state index is 12.7. The van der Waals surface area contributed by atoms with Gasteiger partial charge in [0.15, 0.2) is 0 Å². The Balaban J connectivity index is 3.80. The number of phenolic OH excluding ortho intramolecular Hbond substituents is 1. The van der Waals surface area contributed by atoms with Gasteiger partial charge >= 0.3 is 9.71 Å². The number of rotatable bonds is 3. The predicted octanol–water partition coefficient (Wildman–Crippen LogP) is 0.710. The third kappa shape index (κ3) is 3.39. The Labute approximate surface area is 121 Å². The first kappa shape index (κ1) is 17.5. The van der Waals surface area contributed by atoms with Crippen molar-refractivity contribution in [1.82, 2.24) is 0 Å². The molecule has 0 radical (unpaired) electrons. The molecule has 0 bridgehead atoms. The molecule has 0 saturated heterocycles. The summed E-state index contributed by atoms with van der Waals surface area (Å²) in [6.07, 6.45) is 0.834. The van der Waals surface area contributed by atoms with Gasteiger partial charge in [-0.1, -0.05) is 12.1 Å². The number of hydrogen-bond donors (Lipinski definition) is 1. The highest BCUT2D eigenvalue weighted by Crippen LogP contribution is 2.51. The van der Waals surface area contributed by atoms with Crippen molar-refractivity contribution in [2.45, 2.75) is 0 Å². The zero-order chi connectivity index (χ0) is 16.6. The fourth-order valence-corrected chi connectivity index (χ4v) is 7.66. The van der Waals surface area contributed by atoms with Gasteiger partial charge in [0.25, 0.3) is 7.14 Å². The first-order valence-corrected chi connectivity index (χ1v) is 10.7. The first-order valence-electron chi connectivity index (χ1n) is 5.20. The van der Waals surface area contributed by atoms with Gasteiger partial charge in [0.05, 0.1) is 0 Å². The topological polar surface area (TPSA) is 140 Å². The van der Waals surface area contributed by atoms with E-state index in [1.165, 1.54) is 0 Å². The summed E-state index contributed by atoms with van der Waals surface area (Å²) >= 11 is 0. The molecule has 21 heavy (non-hydrogen) atoms. The zero-order valence-corrected chi connectivity index (χ0v) is 13.4. The average molecular weight is 354 g/mol. The number of carbonyl (C=O) groups excluding carboxylic acids is 2. The lowest BCUT2D eigenvalue weighted by molar-refractivity contribution is 0.269. The first-order chi connectivity index (χ1) is 9.31. The van der Waals surface area contributed by atoms with Crippen LogP contribution in [0.25, 0.3) is 0 Å². The van der Waals surface area contributed by atoms with Crippen LogP contribution in [0.15, 0.2) is 24.3 Å². The Bertz CT molecular complexity index is 818. The lowest BCUT2D eigenvalue weighted by atomic mass is 10.3. The summed E-state index contributed by atoms with van der Waals surface area (Å²) in [5.41, 5.74) is 0. The largest absolute Gasteiger partial charge is 0.508 e. The van der Waals surface area contributed by atoms with Crippen molar-refractivity contribution in [1.29, 1.82) is 0 Å². The Hall–Kier alpha value is -1.51. The summed E-state index contributed by atoms with van der Waals surface area (Å²) in [7, 11) is -14.3. The van der Waals surface area contributed by atoms with E-state index in [4.69, 9.17) is 0 Å². The van der Waals surface area contributed by atoms with Crippen LogP contribution in [0.3, 0.4) is 0 Å². The molecule has 116 valence electrons. The maximum Gasteiger partial charge on any atom is 0.316 e. The molecular weight excluding hydrogens is 343 g/mol. The molecule has 0 aromatic heterocycles. The molecule has 8 nitrogen and oxygen atoms in total. The molecule has 0 fully saturated rings. The van der Waals surface area contributed by atoms with Crippen LogP contribution in [-0.2, 0) is 24.2 Å². The second-order valence-electron chi connectivity index (χ2n) is 4.21. The molecule has 0 amide bonds. The lowest BCUT2D eigenvalue weighted by Crippen LogP contribution is -2.27. The summed E-state index contributed by atoms with van der Waals surface area (Å²) in [5, 5.41) is 8.64. The van der Waals surface area contributed by atoms with Crippen LogP contribution in [0.1, 0.15) is 0 Å². The quantitative estimate of drug-likeness (QED) is 0.783. The van der Waals surface area contributed by atoms with Crippen molar-refractivity contribution >= 4 is 41.8 Å². The van der Waals surface area contributed by atoms with Gasteiger partial charge in [-0.05, 0) is 12.1 Å². The third-order valence-electron chi connectivity index (χ3n) is 2.34. The van der Waals surface area contributed by atoms with Crippen LogP contribution >= 0.6 is 7.14 Å². The fourth-order valence-electron chi connectivity index (χ4n) is 1.44. The van der Waals surface area contributed by atoms with E-state index in [1.54, 1.807) is 0 Å². The molecule has 0 spiro atoms. The van der Waals surface area contributed by atoms with Crippen molar-refractivity contribution in [2.75, 3.05) is 12.5 Å². The summed E-state index contributed by atoms with van der Waals surface area (Å²) in [6, 6.07) is 3.87. The number of benzene rings is 1. The van der Waals surface area contributed by atoms with Crippen molar-refractivity contribution < 1.29 is 36.1 Å². The van der Waals surface area contributed by atoms with Crippen LogP contribution in [0, 0.1) is 0 Å². The minimum Gasteiger partial charge on any atom is -0.508 e. The molecule has 0 aliphatic heterocycles. The SMILES string of the molecule is CS(=O)(=O)C(=O)P(=O)(C(=O)S(C)(=O)=O)c1cccc(O)c1. The number of sulfone groups is 2. The second kappa shape index (κ2) is 5.36. The molecule has 0 aliphatic carbocycles. The van der Waals surface area contributed by atoms with Gasteiger partial charge in [0.1, 0.15) is 5.75 Å². The summed E-state index contributed by atoms with van der Waals surface area (Å²) in [4.78, 5) is 19.8. The van der Waals surface area contributed by atoms with E-state index in [2.05, 4.69) is 0 Å². The number of phenols is 1. The minimum atomic E-state index is -5.14. The normalized spacial score (nSPS) is 12.9. The van der Waals surface area contributed by atoms with Crippen LogP contribution in [0.2, 0.25) is 0 Å². The van der Waals surface area contributed by atoms with Crippen molar-refractivity contribution in [3.63, 3.8) is 0 Å². The highest BCUT2D eigenvalue weighted by molar-refractivity contribution is 8.35. The van der Waals surface area contributed by atoms with Gasteiger partial charge in [-0.15, -0.1) is 0 Å². The highest BCUT2D eigenvalue weighted by atomic mass is 32.2. The third-order valence-corrected chi connectivity index (χ3v) is 9.18. The van der Waals surface area contributed by atoms with Gasteiger partial charge < -0.3 is 9.67 Å². The van der Waals surface area contributed by atoms with Gasteiger partial charge in [0.2, 0.25) is 19.7 Å². The highest BCUT2D eigenvalue weighted by Gasteiger charge is 2.50. The predicted molar refractivity (Wildman–Crippen MR) is 75.8 cm³/mol. The van der Waals surface area contributed by atoms with Crippen molar-refractivity contribution in [3.8, 4) is 5.75 Å². The van der Waals surface area contributed by atoms with E-state index in [0.29, 0.717) is 18.6 Å². The summed E-state index contributed by atoms with van der Waals surface area (Å²) < 4.78 is 58.0. The second-order valence-corrected chi connectivity index (χ2v) is 11.2. The van der Waals surface area contributed by atoms with Crippen LogP contribution in [-0.4, -0.2) is 44.2 Å². The van der Waals surface area contributed by atoms with Crippen LogP contribution in [0.4, 0.5) is 9.59 Å². The monoisotopic (exact) mass is 354 g/mol. The smallest absolute Gasteiger partial charge is 0.316 e. The van der Waals surface area contributed by atoms with Gasteiger partial charge in [-0.25, -0.2) is 16.8 Å². The molecule has 1 rings (SSSR count). The van der Waals surface area contributed by atoms with Crippen LogP contribution in [0.5, 0.6) is 5.75 Å². The minimum absolute atomic E-state index is 0.417. The number of aromatic hydroxyl groups is 1. The van der Waals surface area contributed by atoms with E-state index >= 15 is 0 Å². The molecule has 11 heteroatoms. The molecule has 0 saturated carbocycles. The van der Waals surface area contributed by atoms with E-state index < -0.39 is 47.6 Å². The summed E-state index contributed by atoms with van der Waals surface area (Å²) in [5.74, 6) is -0.504. The molecular formula is C10H11O8PS2. The molecule has 1 N–H and O–H groups in total. The molecule has 1 aromatic carbocycles. The van der Waals surface area contributed by atoms with Gasteiger partial charge in [0, 0.05) is 17.8 Å². The zero-order valence-electron chi connectivity index (χ0n) is 10.9. The van der Waals surface area contributed by atoms with E-state index in [0.717, 1.165) is 18.2 Å². The molecule has 0 atom stereocenters. The Morgan fingerprint density at radius 2 is 1.43 bits per heavy atom. The van der Waals surface area contributed by atoms with E-state index in [-0.39, 0.29) is 0 Å². The summed E-state index contributed by atoms with van der Waals surface area (Å²) in [6.45, 7) is 0. The average Bonchev–Trinajstić information content (AvgIpc) is 2.33. The van der Waals surface area contributed by atoms with Crippen molar-refractivity contribution in [3.05, 3.63) is 24.3 Å². The van der Waals surface area contributed by atoms with Gasteiger partial charge in [-0.2, -0.15) is 0 Å². The van der Waals surface area contributed by atoms with E-state index in [1.807, 2.05) is 0 Å². The van der Waals surface area contributed by atoms with Crippen LogP contribution < -0.4 is 5.30 Å². The fraction of sp³-hybridized carbons (Fsp3) is 0.200. The maximum atomic E-state index is 12.7. The Kier molecular flexibility index (Phi) is 4.48. The lowest BCUT2D eigenvalue weighted by Gasteiger charge is -2.14. The molecule has 1 aromatic rings. The van der Waals surface area contributed by atoms with Crippen molar-refractivity contribution in [2.24, 2.45) is 0 Å².